The molecular formula is C30H18N2O2. The van der Waals surface area contributed by atoms with Crippen LogP contribution in [-0.2, 0) is 0 Å². The molecule has 0 aliphatic carbocycles. The van der Waals surface area contributed by atoms with Crippen LogP contribution < -0.4 is 0 Å². The molecule has 34 heavy (non-hydrogen) atoms. The first-order valence-corrected chi connectivity index (χ1v) is 11.2. The summed E-state index contributed by atoms with van der Waals surface area (Å²) >= 11 is 0. The first-order valence-electron chi connectivity index (χ1n) is 11.2. The molecule has 0 radical (unpaired) electrons. The van der Waals surface area contributed by atoms with Crippen molar-refractivity contribution in [3.05, 3.63) is 114 Å². The Hall–Kier alpha value is -4.70. The molecule has 5 aromatic carbocycles. The Labute approximate surface area is 194 Å². The van der Waals surface area contributed by atoms with Crippen molar-refractivity contribution < 1.29 is 9.90 Å². The standard InChI is InChI=1S/C30H18N2O2/c33-29-25-26(30(34)31-27(25)23-15-7-10-17-8-1-3-11-19(17)23)28(32-29)24-16-18-9-2-4-12-20(18)21-13-5-6-14-22(21)24/h1-16,32-33H. The van der Waals surface area contributed by atoms with Gasteiger partial charge in [-0.2, -0.15) is 0 Å². The summed E-state index contributed by atoms with van der Waals surface area (Å²) in [6, 6.07) is 32.3. The number of aromatic amines is 1. The van der Waals surface area contributed by atoms with Crippen LogP contribution in [0, 0.1) is 0 Å². The van der Waals surface area contributed by atoms with Crippen LogP contribution in [0.2, 0.25) is 0 Å². The number of benzene rings is 5. The number of fused-ring (bicyclic) bond motifs is 5. The summed E-state index contributed by atoms with van der Waals surface area (Å²) in [5, 5.41) is 17.4. The van der Waals surface area contributed by atoms with E-state index in [1.54, 1.807) is 0 Å². The number of rotatable bonds is 2. The van der Waals surface area contributed by atoms with E-state index in [4.69, 9.17) is 0 Å². The van der Waals surface area contributed by atoms with Gasteiger partial charge in [-0.3, -0.25) is 4.79 Å². The van der Waals surface area contributed by atoms with E-state index in [9.17, 15) is 9.90 Å². The Balaban J connectivity index is 1.51. The highest BCUT2D eigenvalue weighted by molar-refractivity contribution is 6.33. The highest BCUT2D eigenvalue weighted by Crippen LogP contribution is 2.42. The van der Waals surface area contributed by atoms with E-state index in [2.05, 4.69) is 34.2 Å². The van der Waals surface area contributed by atoms with Crippen molar-refractivity contribution in [1.82, 2.24) is 4.98 Å². The predicted octanol–water partition coefficient (Wildman–Crippen LogP) is 6.84. The highest BCUT2D eigenvalue weighted by atomic mass is 16.3. The lowest BCUT2D eigenvalue weighted by Crippen LogP contribution is -2.01. The quantitative estimate of drug-likeness (QED) is 0.291. The van der Waals surface area contributed by atoms with Crippen LogP contribution in [0.3, 0.4) is 0 Å². The average molecular weight is 438 g/mol. The van der Waals surface area contributed by atoms with Gasteiger partial charge in [0.15, 0.2) is 5.88 Å². The monoisotopic (exact) mass is 438 g/mol. The maximum absolute atomic E-state index is 13.3. The topological polar surface area (TPSA) is 65.4 Å². The van der Waals surface area contributed by atoms with Gasteiger partial charge < -0.3 is 10.1 Å². The van der Waals surface area contributed by atoms with E-state index in [1.807, 2.05) is 72.8 Å². The number of hydrogen-bond donors (Lipinski definition) is 2. The normalized spacial score (nSPS) is 13.1. The number of aromatic hydroxyl groups is 1. The highest BCUT2D eigenvalue weighted by Gasteiger charge is 2.34. The van der Waals surface area contributed by atoms with E-state index >= 15 is 0 Å². The van der Waals surface area contributed by atoms with Crippen LogP contribution in [-0.4, -0.2) is 21.7 Å². The van der Waals surface area contributed by atoms with E-state index in [-0.39, 0.29) is 11.8 Å². The molecule has 0 fully saturated rings. The molecule has 7 rings (SSSR count). The molecule has 4 nitrogen and oxygen atoms in total. The summed E-state index contributed by atoms with van der Waals surface area (Å²) in [4.78, 5) is 20.8. The first-order chi connectivity index (χ1) is 16.7. The number of carbonyl (C=O) groups is 1. The van der Waals surface area contributed by atoms with Crippen molar-refractivity contribution in [2.45, 2.75) is 0 Å². The maximum atomic E-state index is 13.3. The molecule has 2 heterocycles. The lowest BCUT2D eigenvalue weighted by Gasteiger charge is -2.10. The molecule has 1 aliphatic heterocycles. The van der Waals surface area contributed by atoms with Crippen molar-refractivity contribution in [1.29, 1.82) is 0 Å². The minimum atomic E-state index is -0.346. The number of nitrogens with one attached hydrogen (secondary N) is 1. The van der Waals surface area contributed by atoms with Crippen LogP contribution >= 0.6 is 0 Å². The van der Waals surface area contributed by atoms with Gasteiger partial charge in [0.05, 0.1) is 22.5 Å². The third kappa shape index (κ3) is 2.54. The van der Waals surface area contributed by atoms with Gasteiger partial charge in [0.25, 0.3) is 5.91 Å². The Morgan fingerprint density at radius 1 is 0.618 bits per heavy atom. The van der Waals surface area contributed by atoms with Crippen LogP contribution in [0.1, 0.15) is 21.5 Å². The summed E-state index contributed by atoms with van der Waals surface area (Å²) in [5.74, 6) is -0.388. The molecule has 6 aromatic rings. The SMILES string of the molecule is O=C1N=C(c2cccc3ccccc23)c2c(O)[nH]c(-c3cc4ccccc4c4ccccc34)c21. The Morgan fingerprint density at radius 3 is 2.09 bits per heavy atom. The van der Waals surface area contributed by atoms with Gasteiger partial charge in [0.1, 0.15) is 0 Å². The number of H-pyrrole nitrogens is 1. The molecule has 0 atom stereocenters. The number of nitrogens with zero attached hydrogens (tertiary/aromatic N) is 1. The predicted molar refractivity (Wildman–Crippen MR) is 137 cm³/mol. The van der Waals surface area contributed by atoms with Crippen LogP contribution in [0.4, 0.5) is 0 Å². The van der Waals surface area contributed by atoms with Gasteiger partial charge in [-0.25, -0.2) is 4.99 Å². The van der Waals surface area contributed by atoms with Gasteiger partial charge in [0, 0.05) is 11.1 Å². The van der Waals surface area contributed by atoms with Crippen LogP contribution in [0.25, 0.3) is 43.6 Å². The zero-order valence-corrected chi connectivity index (χ0v) is 18.0. The van der Waals surface area contributed by atoms with Crippen molar-refractivity contribution in [2.75, 3.05) is 0 Å². The number of hydrogen-bond acceptors (Lipinski definition) is 2. The minimum absolute atomic E-state index is 0.0419. The van der Waals surface area contributed by atoms with E-state index in [0.29, 0.717) is 22.5 Å². The molecule has 4 heteroatoms. The lowest BCUT2D eigenvalue weighted by molar-refractivity contribution is 0.101. The van der Waals surface area contributed by atoms with Crippen molar-refractivity contribution in [2.24, 2.45) is 4.99 Å². The molecule has 0 spiro atoms. The Kier molecular flexibility index (Phi) is 3.82. The molecule has 0 bridgehead atoms. The number of aliphatic imine (C=N–C) groups is 1. The van der Waals surface area contributed by atoms with Crippen LogP contribution in [0.15, 0.2) is 102 Å². The average Bonchev–Trinajstić information content (AvgIpc) is 3.41. The van der Waals surface area contributed by atoms with Gasteiger partial charge in [-0.15, -0.1) is 0 Å². The molecule has 0 saturated carbocycles. The van der Waals surface area contributed by atoms with Crippen molar-refractivity contribution >= 4 is 43.9 Å². The fourth-order valence-corrected chi connectivity index (χ4v) is 5.23. The number of amides is 1. The third-order valence-corrected chi connectivity index (χ3v) is 6.73. The van der Waals surface area contributed by atoms with Gasteiger partial charge in [-0.05, 0) is 38.4 Å². The van der Waals surface area contributed by atoms with Gasteiger partial charge >= 0.3 is 0 Å². The van der Waals surface area contributed by atoms with Crippen LogP contribution in [0.5, 0.6) is 5.88 Å². The molecule has 0 unspecified atom stereocenters. The number of carbonyl (C=O) groups excluding carboxylic acids is 1. The fraction of sp³-hybridized carbons (Fsp3) is 0. The van der Waals surface area contributed by atoms with Crippen molar-refractivity contribution in [3.63, 3.8) is 0 Å². The summed E-state index contributed by atoms with van der Waals surface area (Å²) in [5.41, 5.74) is 3.68. The molecule has 1 aliphatic rings. The molecule has 1 aromatic heterocycles. The first kappa shape index (κ1) is 18.8. The summed E-state index contributed by atoms with van der Waals surface area (Å²) < 4.78 is 0. The summed E-state index contributed by atoms with van der Waals surface area (Å²) in [6.07, 6.45) is 0. The minimum Gasteiger partial charge on any atom is -0.494 e. The zero-order valence-electron chi connectivity index (χ0n) is 18.0. The summed E-state index contributed by atoms with van der Waals surface area (Å²) in [6.45, 7) is 0. The summed E-state index contributed by atoms with van der Waals surface area (Å²) in [7, 11) is 0. The molecular weight excluding hydrogens is 420 g/mol. The Morgan fingerprint density at radius 2 is 1.26 bits per heavy atom. The molecule has 160 valence electrons. The second-order valence-corrected chi connectivity index (χ2v) is 8.58. The second kappa shape index (κ2) is 6.90. The van der Waals surface area contributed by atoms with Gasteiger partial charge in [0.2, 0.25) is 0 Å². The van der Waals surface area contributed by atoms with Crippen molar-refractivity contribution in [3.8, 4) is 17.1 Å². The largest absolute Gasteiger partial charge is 0.494 e. The Bertz CT molecular complexity index is 1840. The van der Waals surface area contributed by atoms with Gasteiger partial charge in [-0.1, -0.05) is 91.0 Å². The molecule has 2 N–H and O–H groups in total. The second-order valence-electron chi connectivity index (χ2n) is 8.58. The van der Waals surface area contributed by atoms with E-state index < -0.39 is 0 Å². The fourth-order valence-electron chi connectivity index (χ4n) is 5.23. The van der Waals surface area contributed by atoms with E-state index in [1.165, 1.54) is 0 Å². The van der Waals surface area contributed by atoms with E-state index in [0.717, 1.165) is 43.4 Å². The maximum Gasteiger partial charge on any atom is 0.280 e. The third-order valence-electron chi connectivity index (χ3n) is 6.73. The molecule has 1 amide bonds. The number of aromatic nitrogens is 1. The smallest absolute Gasteiger partial charge is 0.280 e. The zero-order chi connectivity index (χ0) is 22.8. The molecule has 0 saturated heterocycles. The lowest BCUT2D eigenvalue weighted by atomic mass is 9.92.